The molecule has 0 radical (unpaired) electrons. The molecule has 0 aliphatic heterocycles. The molecular weight excluding hydrogens is 254 g/mol. The third-order valence-corrected chi connectivity index (χ3v) is 2.61. The van der Waals surface area contributed by atoms with Crippen LogP contribution in [0, 0.1) is 11.8 Å². The van der Waals surface area contributed by atoms with Crippen molar-refractivity contribution in [3.8, 4) is 17.6 Å². The smallest absolute Gasteiger partial charge is 0.384 e. The molecule has 2 aromatic rings. The summed E-state index contributed by atoms with van der Waals surface area (Å²) in [7, 11) is 1.23. The van der Waals surface area contributed by atoms with Crippen LogP contribution in [0.15, 0.2) is 24.4 Å². The Labute approximate surface area is 108 Å². The average Bonchev–Trinajstić information content (AvgIpc) is 2.41. The van der Waals surface area contributed by atoms with Crippen molar-refractivity contribution >= 4 is 28.5 Å². The minimum absolute atomic E-state index is 0.105. The maximum absolute atomic E-state index is 10.9. The van der Waals surface area contributed by atoms with Crippen molar-refractivity contribution in [2.24, 2.45) is 0 Å². The Morgan fingerprint density at radius 2 is 2.33 bits per heavy atom. The Kier molecular flexibility index (Phi) is 3.35. The molecular formula is C13H8ClNO3. The highest BCUT2D eigenvalue weighted by Gasteiger charge is 2.09. The molecule has 90 valence electrons. The number of nitrogens with zero attached hydrogens (tertiary/aromatic N) is 1. The monoisotopic (exact) mass is 261 g/mol. The lowest BCUT2D eigenvalue weighted by atomic mass is 10.1. The molecule has 1 aromatic heterocycles. The van der Waals surface area contributed by atoms with Gasteiger partial charge in [-0.25, -0.2) is 4.79 Å². The number of aromatic nitrogens is 1. The first kappa shape index (κ1) is 12.2. The minimum Gasteiger partial charge on any atom is -0.504 e. The lowest BCUT2D eigenvalue weighted by Gasteiger charge is -2.04. The summed E-state index contributed by atoms with van der Waals surface area (Å²) in [6.45, 7) is 0. The molecule has 0 aliphatic carbocycles. The van der Waals surface area contributed by atoms with Crippen LogP contribution >= 0.6 is 11.6 Å². The van der Waals surface area contributed by atoms with E-state index in [9.17, 15) is 9.90 Å². The first-order valence-electron chi connectivity index (χ1n) is 4.99. The number of carbonyl (C=O) groups excluding carboxylic acids is 1. The summed E-state index contributed by atoms with van der Waals surface area (Å²) in [5.41, 5.74) is 0.579. The second-order valence-electron chi connectivity index (χ2n) is 3.40. The van der Waals surface area contributed by atoms with Crippen molar-refractivity contribution in [1.82, 2.24) is 4.98 Å². The number of phenols is 1. The quantitative estimate of drug-likeness (QED) is 0.583. The number of esters is 1. The normalized spacial score (nSPS) is 9.67. The zero-order valence-electron chi connectivity index (χ0n) is 9.40. The predicted molar refractivity (Wildman–Crippen MR) is 67.3 cm³/mol. The van der Waals surface area contributed by atoms with Crippen molar-refractivity contribution in [3.05, 3.63) is 35.0 Å². The van der Waals surface area contributed by atoms with Crippen molar-refractivity contribution in [2.75, 3.05) is 7.11 Å². The summed E-state index contributed by atoms with van der Waals surface area (Å²) in [5, 5.41) is 11.0. The number of aromatic hydroxyl groups is 1. The van der Waals surface area contributed by atoms with Gasteiger partial charge in [-0.2, -0.15) is 0 Å². The topological polar surface area (TPSA) is 59.4 Å². The molecule has 0 fully saturated rings. The molecule has 5 heteroatoms. The van der Waals surface area contributed by atoms with Crippen molar-refractivity contribution in [1.29, 1.82) is 0 Å². The number of fused-ring (bicyclic) bond motifs is 1. The minimum atomic E-state index is -0.688. The fraction of sp³-hybridized carbons (Fsp3) is 0.0769. The molecule has 0 unspecified atom stereocenters. The lowest BCUT2D eigenvalue weighted by molar-refractivity contribution is -0.133. The van der Waals surface area contributed by atoms with Crippen molar-refractivity contribution in [3.63, 3.8) is 0 Å². The van der Waals surface area contributed by atoms with Crippen LogP contribution in [0.2, 0.25) is 5.02 Å². The van der Waals surface area contributed by atoms with E-state index in [1.807, 2.05) is 0 Å². The van der Waals surface area contributed by atoms with Crippen LogP contribution < -0.4 is 0 Å². The van der Waals surface area contributed by atoms with E-state index in [2.05, 4.69) is 21.6 Å². The summed E-state index contributed by atoms with van der Waals surface area (Å²) in [6.07, 6.45) is 1.54. The highest BCUT2D eigenvalue weighted by Crippen LogP contribution is 2.32. The van der Waals surface area contributed by atoms with Crippen LogP contribution in [-0.2, 0) is 9.53 Å². The summed E-state index contributed by atoms with van der Waals surface area (Å²) in [5.74, 6) is 3.93. The number of methoxy groups -OCH3 is 1. The Morgan fingerprint density at radius 3 is 3.06 bits per heavy atom. The molecule has 18 heavy (non-hydrogen) atoms. The molecule has 1 N–H and O–H groups in total. The van der Waals surface area contributed by atoms with Gasteiger partial charge in [0.25, 0.3) is 0 Å². The van der Waals surface area contributed by atoms with Crippen LogP contribution in [0.3, 0.4) is 0 Å². The average molecular weight is 262 g/mol. The maximum atomic E-state index is 10.9. The Bertz CT molecular complexity index is 686. The summed E-state index contributed by atoms with van der Waals surface area (Å²) in [4.78, 5) is 14.9. The number of halogens is 1. The molecule has 0 spiro atoms. The lowest BCUT2D eigenvalue weighted by Crippen LogP contribution is -1.94. The number of pyridine rings is 1. The number of hydrogen-bond donors (Lipinski definition) is 1. The fourth-order valence-corrected chi connectivity index (χ4v) is 1.71. The van der Waals surface area contributed by atoms with Gasteiger partial charge in [-0.1, -0.05) is 17.5 Å². The van der Waals surface area contributed by atoms with Gasteiger partial charge in [0.05, 0.1) is 17.7 Å². The number of rotatable bonds is 0. The van der Waals surface area contributed by atoms with E-state index in [1.54, 1.807) is 12.1 Å². The first-order valence-corrected chi connectivity index (χ1v) is 5.37. The van der Waals surface area contributed by atoms with Gasteiger partial charge in [0.1, 0.15) is 5.52 Å². The molecule has 0 aliphatic rings. The summed E-state index contributed by atoms with van der Waals surface area (Å²) < 4.78 is 4.39. The van der Waals surface area contributed by atoms with E-state index in [4.69, 9.17) is 11.6 Å². The van der Waals surface area contributed by atoms with Crippen LogP contribution in [0.1, 0.15) is 5.56 Å². The molecule has 0 bridgehead atoms. The van der Waals surface area contributed by atoms with Gasteiger partial charge in [-0.05, 0) is 18.2 Å². The van der Waals surface area contributed by atoms with E-state index in [0.717, 1.165) is 0 Å². The maximum Gasteiger partial charge on any atom is 0.384 e. The third-order valence-electron chi connectivity index (χ3n) is 2.30. The number of carbonyl (C=O) groups is 1. The molecule has 0 saturated heterocycles. The van der Waals surface area contributed by atoms with E-state index < -0.39 is 5.97 Å². The molecule has 2 rings (SSSR count). The Balaban J connectivity index is 2.62. The second-order valence-corrected chi connectivity index (χ2v) is 3.80. The highest BCUT2D eigenvalue weighted by molar-refractivity contribution is 6.35. The summed E-state index contributed by atoms with van der Waals surface area (Å²) in [6, 6.07) is 4.94. The van der Waals surface area contributed by atoms with Gasteiger partial charge in [0, 0.05) is 17.5 Å². The Morgan fingerprint density at radius 1 is 1.56 bits per heavy atom. The molecule has 4 nitrogen and oxygen atoms in total. The SMILES string of the molecule is COC(=O)C#Cc1cc(Cl)c2cccnc2c1O. The fourth-order valence-electron chi connectivity index (χ4n) is 1.45. The number of hydrogen-bond acceptors (Lipinski definition) is 4. The van der Waals surface area contributed by atoms with Crippen LogP contribution in [0.4, 0.5) is 0 Å². The predicted octanol–water partition coefficient (Wildman–Crippen LogP) is 2.12. The zero-order valence-corrected chi connectivity index (χ0v) is 10.2. The zero-order chi connectivity index (χ0) is 13.1. The van der Waals surface area contributed by atoms with Crippen LogP contribution in [0.5, 0.6) is 5.75 Å². The highest BCUT2D eigenvalue weighted by atomic mass is 35.5. The molecule has 0 saturated carbocycles. The van der Waals surface area contributed by atoms with Gasteiger partial charge >= 0.3 is 5.97 Å². The summed E-state index contributed by atoms with van der Waals surface area (Å²) >= 11 is 6.05. The van der Waals surface area contributed by atoms with Crippen LogP contribution in [0.25, 0.3) is 10.9 Å². The Hall–Kier alpha value is -2.25. The number of phenolic OH excluding ortho intramolecular Hbond substituents is 1. The first-order chi connectivity index (χ1) is 8.63. The third kappa shape index (κ3) is 2.22. The van der Waals surface area contributed by atoms with Crippen LogP contribution in [-0.4, -0.2) is 23.2 Å². The van der Waals surface area contributed by atoms with Gasteiger partial charge in [-0.3, -0.25) is 4.98 Å². The van der Waals surface area contributed by atoms with Gasteiger partial charge in [0.15, 0.2) is 5.75 Å². The van der Waals surface area contributed by atoms with Gasteiger partial charge in [-0.15, -0.1) is 0 Å². The van der Waals surface area contributed by atoms with E-state index in [-0.39, 0.29) is 11.3 Å². The van der Waals surface area contributed by atoms with E-state index in [0.29, 0.717) is 15.9 Å². The molecule has 0 amide bonds. The van der Waals surface area contributed by atoms with Gasteiger partial charge < -0.3 is 9.84 Å². The second kappa shape index (κ2) is 4.94. The largest absolute Gasteiger partial charge is 0.504 e. The van der Waals surface area contributed by atoms with Crippen molar-refractivity contribution in [2.45, 2.75) is 0 Å². The molecule has 0 atom stereocenters. The van der Waals surface area contributed by atoms with Crippen molar-refractivity contribution < 1.29 is 14.6 Å². The van der Waals surface area contributed by atoms with E-state index >= 15 is 0 Å². The molecule has 1 aromatic carbocycles. The van der Waals surface area contributed by atoms with E-state index in [1.165, 1.54) is 19.4 Å². The molecule has 1 heterocycles. The van der Waals surface area contributed by atoms with Gasteiger partial charge in [0.2, 0.25) is 0 Å². The number of ether oxygens (including phenoxy) is 1. The number of benzene rings is 1. The standard InChI is InChI=1S/C13H8ClNO3/c1-18-11(16)5-4-8-7-10(14)9-3-2-6-15-12(9)13(8)17/h2-3,6-7,17H,1H3.